The topological polar surface area (TPSA) is 50.2 Å². The first-order valence-electron chi connectivity index (χ1n) is 9.36. The first kappa shape index (κ1) is 17.2. The summed E-state index contributed by atoms with van der Waals surface area (Å²) >= 11 is 0. The summed E-state index contributed by atoms with van der Waals surface area (Å²) in [4.78, 5) is 14.4. The summed E-state index contributed by atoms with van der Waals surface area (Å²) in [6, 6.07) is 0. The molecular weight excluding hydrogens is 300 g/mol. The zero-order chi connectivity index (χ0) is 16.8. The maximum atomic E-state index is 12.1. The Morgan fingerprint density at radius 3 is 2.83 bits per heavy atom. The van der Waals surface area contributed by atoms with E-state index >= 15 is 0 Å². The molecular formula is C19H30N4O. The number of rotatable bonds is 6. The van der Waals surface area contributed by atoms with Crippen molar-refractivity contribution in [3.63, 3.8) is 0 Å². The number of hydrogen-bond acceptors (Lipinski definition) is 3. The number of nitrogens with one attached hydrogen (secondary N) is 1. The van der Waals surface area contributed by atoms with Gasteiger partial charge in [-0.1, -0.05) is 11.6 Å². The number of aromatic nitrogens is 2. The molecule has 5 heteroatoms. The first-order valence-corrected chi connectivity index (χ1v) is 9.36. The Bertz CT molecular complexity index is 570. The number of carbonyl (C=O) groups is 1. The van der Waals surface area contributed by atoms with Crippen LogP contribution in [0.1, 0.15) is 56.4 Å². The molecule has 1 aromatic rings. The van der Waals surface area contributed by atoms with Gasteiger partial charge in [-0.3, -0.25) is 14.4 Å². The summed E-state index contributed by atoms with van der Waals surface area (Å²) in [5.74, 6) is 0.766. The molecule has 132 valence electrons. The van der Waals surface area contributed by atoms with Crippen LogP contribution in [-0.2, 0) is 11.8 Å². The van der Waals surface area contributed by atoms with Crippen molar-refractivity contribution in [3.8, 4) is 0 Å². The van der Waals surface area contributed by atoms with E-state index in [-0.39, 0.29) is 5.91 Å². The number of likely N-dealkylation sites (tertiary alicyclic amines) is 1. The average Bonchev–Trinajstić information content (AvgIpc) is 3.03. The normalized spacial score (nSPS) is 20.0. The third kappa shape index (κ3) is 4.94. The lowest BCUT2D eigenvalue weighted by molar-refractivity contribution is -0.122. The predicted octanol–water partition coefficient (Wildman–Crippen LogP) is 2.61. The van der Waals surface area contributed by atoms with Crippen molar-refractivity contribution in [2.24, 2.45) is 7.05 Å². The van der Waals surface area contributed by atoms with Gasteiger partial charge in [0, 0.05) is 19.8 Å². The van der Waals surface area contributed by atoms with Crippen molar-refractivity contribution in [2.45, 2.75) is 50.9 Å². The first-order chi connectivity index (χ1) is 11.7. The highest BCUT2D eigenvalue weighted by Crippen LogP contribution is 2.27. The number of hydrogen-bond donors (Lipinski definition) is 1. The Morgan fingerprint density at radius 2 is 2.17 bits per heavy atom. The van der Waals surface area contributed by atoms with Crippen LogP contribution in [0.5, 0.6) is 0 Å². The van der Waals surface area contributed by atoms with E-state index in [4.69, 9.17) is 0 Å². The van der Waals surface area contributed by atoms with E-state index in [2.05, 4.69) is 27.6 Å². The zero-order valence-electron chi connectivity index (χ0n) is 14.8. The van der Waals surface area contributed by atoms with Gasteiger partial charge in [0.1, 0.15) is 0 Å². The highest BCUT2D eigenvalue weighted by atomic mass is 16.2. The van der Waals surface area contributed by atoms with E-state index in [1.807, 2.05) is 17.9 Å². The molecule has 1 amide bonds. The van der Waals surface area contributed by atoms with Crippen LogP contribution >= 0.6 is 0 Å². The van der Waals surface area contributed by atoms with Gasteiger partial charge in [-0.05, 0) is 69.5 Å². The molecule has 1 aromatic heterocycles. The summed E-state index contributed by atoms with van der Waals surface area (Å²) in [6.07, 6.45) is 14.8. The van der Waals surface area contributed by atoms with E-state index in [1.165, 1.54) is 36.8 Å². The number of aryl methyl sites for hydroxylation is 1. The molecule has 0 bridgehead atoms. The van der Waals surface area contributed by atoms with Crippen molar-refractivity contribution in [2.75, 3.05) is 26.2 Å². The standard InChI is InChI=1S/C19H30N4O/c1-22-14-18(13-21-22)17-8-11-23(12-9-17)15-19(24)20-10-7-16-5-3-2-4-6-16/h5,13-14,17H,2-4,6-12,15H2,1H3,(H,20,24). The van der Waals surface area contributed by atoms with Gasteiger partial charge in [-0.25, -0.2) is 0 Å². The van der Waals surface area contributed by atoms with Crippen molar-refractivity contribution in [1.29, 1.82) is 0 Å². The second-order valence-corrected chi connectivity index (χ2v) is 7.21. The lowest BCUT2D eigenvalue weighted by Gasteiger charge is -2.31. The molecule has 3 rings (SSSR count). The van der Waals surface area contributed by atoms with E-state index in [0.29, 0.717) is 12.5 Å². The van der Waals surface area contributed by atoms with Crippen LogP contribution < -0.4 is 5.32 Å². The molecule has 0 aromatic carbocycles. The van der Waals surface area contributed by atoms with Crippen LogP contribution in [-0.4, -0.2) is 46.8 Å². The Hall–Kier alpha value is -1.62. The fourth-order valence-electron chi connectivity index (χ4n) is 3.83. The van der Waals surface area contributed by atoms with Crippen molar-refractivity contribution in [3.05, 3.63) is 29.6 Å². The lowest BCUT2D eigenvalue weighted by atomic mass is 9.91. The number of carbonyl (C=O) groups excluding carboxylic acids is 1. The third-order valence-corrected chi connectivity index (χ3v) is 5.30. The van der Waals surface area contributed by atoms with E-state index in [0.717, 1.165) is 38.9 Å². The molecule has 0 spiro atoms. The van der Waals surface area contributed by atoms with E-state index in [9.17, 15) is 4.79 Å². The quantitative estimate of drug-likeness (QED) is 0.816. The van der Waals surface area contributed by atoms with Gasteiger partial charge in [0.05, 0.1) is 12.7 Å². The SMILES string of the molecule is Cn1cc(C2CCN(CC(=O)NCCC3=CCCCC3)CC2)cn1. The van der Waals surface area contributed by atoms with Gasteiger partial charge in [-0.2, -0.15) is 5.10 Å². The number of amides is 1. The molecule has 24 heavy (non-hydrogen) atoms. The lowest BCUT2D eigenvalue weighted by Crippen LogP contribution is -2.41. The Labute approximate surface area is 145 Å². The highest BCUT2D eigenvalue weighted by Gasteiger charge is 2.22. The van der Waals surface area contributed by atoms with Gasteiger partial charge in [0.25, 0.3) is 0 Å². The smallest absolute Gasteiger partial charge is 0.234 e. The molecule has 0 unspecified atom stereocenters. The minimum absolute atomic E-state index is 0.172. The average molecular weight is 330 g/mol. The summed E-state index contributed by atoms with van der Waals surface area (Å²) in [5, 5.41) is 7.35. The second-order valence-electron chi connectivity index (χ2n) is 7.21. The van der Waals surface area contributed by atoms with Crippen LogP contribution in [0.2, 0.25) is 0 Å². The van der Waals surface area contributed by atoms with Gasteiger partial charge >= 0.3 is 0 Å². The van der Waals surface area contributed by atoms with E-state index < -0.39 is 0 Å². The van der Waals surface area contributed by atoms with Gasteiger partial charge in [0.15, 0.2) is 0 Å². The zero-order valence-corrected chi connectivity index (χ0v) is 14.8. The van der Waals surface area contributed by atoms with Crippen LogP contribution in [0, 0.1) is 0 Å². The highest BCUT2D eigenvalue weighted by molar-refractivity contribution is 5.78. The molecule has 0 saturated carbocycles. The Kier molecular flexibility index (Phi) is 6.07. The fourth-order valence-corrected chi connectivity index (χ4v) is 3.83. The molecule has 5 nitrogen and oxygen atoms in total. The summed E-state index contributed by atoms with van der Waals surface area (Å²) in [5.41, 5.74) is 2.86. The Balaban J connectivity index is 1.33. The molecule has 2 aliphatic rings. The van der Waals surface area contributed by atoms with Gasteiger partial charge < -0.3 is 5.32 Å². The predicted molar refractivity (Wildman–Crippen MR) is 95.8 cm³/mol. The van der Waals surface area contributed by atoms with Crippen molar-refractivity contribution < 1.29 is 4.79 Å². The van der Waals surface area contributed by atoms with Crippen LogP contribution in [0.15, 0.2) is 24.0 Å². The number of nitrogens with zero attached hydrogens (tertiary/aromatic N) is 3. The molecule has 1 saturated heterocycles. The van der Waals surface area contributed by atoms with Crippen molar-refractivity contribution >= 4 is 5.91 Å². The fraction of sp³-hybridized carbons (Fsp3) is 0.684. The molecule has 1 aliphatic carbocycles. The number of allylic oxidation sites excluding steroid dienone is 1. The van der Waals surface area contributed by atoms with Gasteiger partial charge in [-0.15, -0.1) is 0 Å². The maximum Gasteiger partial charge on any atom is 0.234 e. The van der Waals surface area contributed by atoms with Crippen LogP contribution in [0.25, 0.3) is 0 Å². The van der Waals surface area contributed by atoms with Gasteiger partial charge in [0.2, 0.25) is 5.91 Å². The molecule has 2 heterocycles. The maximum absolute atomic E-state index is 12.1. The molecule has 0 radical (unpaired) electrons. The largest absolute Gasteiger partial charge is 0.355 e. The molecule has 0 atom stereocenters. The van der Waals surface area contributed by atoms with Crippen molar-refractivity contribution in [1.82, 2.24) is 20.0 Å². The minimum Gasteiger partial charge on any atom is -0.355 e. The Morgan fingerprint density at radius 1 is 1.33 bits per heavy atom. The summed E-state index contributed by atoms with van der Waals surface area (Å²) < 4.78 is 1.87. The second kappa shape index (κ2) is 8.47. The van der Waals surface area contributed by atoms with Crippen LogP contribution in [0.3, 0.4) is 0 Å². The van der Waals surface area contributed by atoms with Crippen LogP contribution in [0.4, 0.5) is 0 Å². The minimum atomic E-state index is 0.172. The monoisotopic (exact) mass is 330 g/mol. The molecule has 1 fully saturated rings. The number of piperidine rings is 1. The summed E-state index contributed by atoms with van der Waals surface area (Å²) in [6.45, 7) is 3.33. The van der Waals surface area contributed by atoms with E-state index in [1.54, 1.807) is 0 Å². The third-order valence-electron chi connectivity index (χ3n) is 5.30. The molecule has 1 N–H and O–H groups in total. The summed E-state index contributed by atoms with van der Waals surface area (Å²) in [7, 11) is 1.96. The molecule has 1 aliphatic heterocycles.